The van der Waals surface area contributed by atoms with Gasteiger partial charge in [-0.05, 0) is 43.7 Å². The minimum Gasteiger partial charge on any atom is -0.474 e. The number of thioether (sulfide) groups is 1. The smallest absolute Gasteiger partial charge is 0.219 e. The van der Waals surface area contributed by atoms with Gasteiger partial charge >= 0.3 is 0 Å². The second-order valence-corrected chi connectivity index (χ2v) is 9.05. The Morgan fingerprint density at radius 2 is 1.82 bits per heavy atom. The first-order valence-corrected chi connectivity index (χ1v) is 11.6. The molecule has 0 spiro atoms. The zero-order valence-electron chi connectivity index (χ0n) is 18.2. The first-order chi connectivity index (χ1) is 16.1. The molecular formula is C24H23ClN6OS. The van der Waals surface area contributed by atoms with Crippen molar-refractivity contribution in [1.82, 2.24) is 19.7 Å². The summed E-state index contributed by atoms with van der Waals surface area (Å²) < 4.78 is 7.85. The zero-order chi connectivity index (χ0) is 23.2. The second kappa shape index (κ2) is 10.5. The van der Waals surface area contributed by atoms with Gasteiger partial charge in [0.05, 0.1) is 16.0 Å². The fraction of sp³-hybridized carbons (Fsp3) is 0.167. The molecule has 9 heteroatoms. The monoisotopic (exact) mass is 478 g/mol. The van der Waals surface area contributed by atoms with Crippen molar-refractivity contribution >= 4 is 29.3 Å². The number of para-hydroxylation sites is 1. The fourth-order valence-electron chi connectivity index (χ4n) is 3.19. The lowest BCUT2D eigenvalue weighted by Crippen LogP contribution is -2.20. The third-order valence-corrected chi connectivity index (χ3v) is 6.28. The molecule has 7 nitrogen and oxygen atoms in total. The summed E-state index contributed by atoms with van der Waals surface area (Å²) in [6.07, 6.45) is 3.43. The average molecular weight is 479 g/mol. The van der Waals surface area contributed by atoms with Gasteiger partial charge in [0.15, 0.2) is 11.0 Å². The molecule has 0 bridgehead atoms. The Labute approximate surface area is 201 Å². The van der Waals surface area contributed by atoms with Crippen molar-refractivity contribution in [2.45, 2.75) is 30.9 Å². The number of benzene rings is 2. The highest BCUT2D eigenvalue weighted by molar-refractivity contribution is 8.00. The molecule has 0 saturated heterocycles. The van der Waals surface area contributed by atoms with Gasteiger partial charge in [0.1, 0.15) is 6.61 Å². The van der Waals surface area contributed by atoms with Crippen molar-refractivity contribution in [3.05, 3.63) is 89.2 Å². The Morgan fingerprint density at radius 1 is 1.09 bits per heavy atom. The number of rotatable bonds is 7. The molecule has 0 amide bonds. The van der Waals surface area contributed by atoms with Gasteiger partial charge in [-0.2, -0.15) is 0 Å². The fourth-order valence-corrected chi connectivity index (χ4v) is 4.34. The molecule has 0 aliphatic carbocycles. The predicted molar refractivity (Wildman–Crippen MR) is 133 cm³/mol. The maximum Gasteiger partial charge on any atom is 0.219 e. The van der Waals surface area contributed by atoms with Crippen LogP contribution in [0, 0.1) is 6.92 Å². The van der Waals surface area contributed by atoms with E-state index in [9.17, 15) is 0 Å². The minimum atomic E-state index is -0.212. The third kappa shape index (κ3) is 5.35. The summed E-state index contributed by atoms with van der Waals surface area (Å²) in [7, 11) is 0. The summed E-state index contributed by atoms with van der Waals surface area (Å²) in [6.45, 7) is 4.38. The highest BCUT2D eigenvalue weighted by Gasteiger charge is 2.23. The number of hydrogen-bond acceptors (Lipinski definition) is 7. The van der Waals surface area contributed by atoms with Gasteiger partial charge in [0, 0.05) is 18.0 Å². The first kappa shape index (κ1) is 22.8. The number of aryl methyl sites for hydroxylation is 1. The molecule has 2 aromatic carbocycles. The van der Waals surface area contributed by atoms with E-state index in [0.29, 0.717) is 28.5 Å². The van der Waals surface area contributed by atoms with E-state index < -0.39 is 0 Å². The van der Waals surface area contributed by atoms with Crippen molar-refractivity contribution in [2.24, 2.45) is 10.9 Å². The molecule has 2 aromatic heterocycles. The van der Waals surface area contributed by atoms with Crippen molar-refractivity contribution in [1.29, 1.82) is 0 Å². The molecule has 4 rings (SSSR count). The quantitative estimate of drug-likeness (QED) is 0.128. The number of pyridine rings is 1. The number of hydrogen-bond donors (Lipinski definition) is 1. The van der Waals surface area contributed by atoms with Gasteiger partial charge in [0.2, 0.25) is 5.90 Å². The van der Waals surface area contributed by atoms with Gasteiger partial charge < -0.3 is 10.6 Å². The van der Waals surface area contributed by atoms with E-state index >= 15 is 0 Å². The van der Waals surface area contributed by atoms with Crippen LogP contribution < -0.4 is 5.84 Å². The normalized spacial score (nSPS) is 12.5. The van der Waals surface area contributed by atoms with Crippen molar-refractivity contribution in [3.8, 4) is 17.1 Å². The van der Waals surface area contributed by atoms with E-state index in [2.05, 4.69) is 20.3 Å². The molecule has 0 aliphatic rings. The van der Waals surface area contributed by atoms with Crippen LogP contribution >= 0.6 is 23.4 Å². The van der Waals surface area contributed by atoms with Crippen LogP contribution in [0.1, 0.15) is 18.1 Å². The number of hydrazone groups is 1. The molecule has 2 N–H and O–H groups in total. The largest absolute Gasteiger partial charge is 0.474 e. The molecule has 0 saturated carbocycles. The van der Waals surface area contributed by atoms with E-state index in [0.717, 1.165) is 16.8 Å². The Hall–Kier alpha value is -3.36. The van der Waals surface area contributed by atoms with Gasteiger partial charge in [-0.25, -0.2) is 0 Å². The lowest BCUT2D eigenvalue weighted by molar-refractivity contribution is 0.284. The van der Waals surface area contributed by atoms with Crippen LogP contribution in [0.15, 0.2) is 83.3 Å². The Balaban J connectivity index is 1.61. The maximum atomic E-state index is 6.54. The summed E-state index contributed by atoms with van der Waals surface area (Å²) in [5, 5.41) is 13.8. The van der Waals surface area contributed by atoms with Crippen LogP contribution in [0.5, 0.6) is 0 Å². The number of ether oxygens (including phenoxy) is 1. The molecule has 0 radical (unpaired) electrons. The van der Waals surface area contributed by atoms with Crippen LogP contribution in [0.3, 0.4) is 0 Å². The van der Waals surface area contributed by atoms with Crippen molar-refractivity contribution in [3.63, 3.8) is 0 Å². The minimum absolute atomic E-state index is 0.212. The molecule has 33 heavy (non-hydrogen) atoms. The van der Waals surface area contributed by atoms with Gasteiger partial charge in [-0.1, -0.05) is 65.3 Å². The third-order valence-electron chi connectivity index (χ3n) is 4.93. The summed E-state index contributed by atoms with van der Waals surface area (Å²) in [5.41, 5.74) is 3.88. The summed E-state index contributed by atoms with van der Waals surface area (Å²) >= 11 is 7.97. The summed E-state index contributed by atoms with van der Waals surface area (Å²) in [4.78, 5) is 4.10. The van der Waals surface area contributed by atoms with Crippen LogP contribution in [0.25, 0.3) is 17.1 Å². The summed E-state index contributed by atoms with van der Waals surface area (Å²) in [6, 6.07) is 19.5. The van der Waals surface area contributed by atoms with Crippen molar-refractivity contribution in [2.75, 3.05) is 0 Å². The van der Waals surface area contributed by atoms with Crippen LogP contribution in [0.4, 0.5) is 0 Å². The average Bonchev–Trinajstić information content (AvgIpc) is 3.24. The zero-order valence-corrected chi connectivity index (χ0v) is 19.8. The molecular weight excluding hydrogens is 456 g/mol. The van der Waals surface area contributed by atoms with Crippen LogP contribution in [-0.4, -0.2) is 30.9 Å². The lowest BCUT2D eigenvalue weighted by Gasteiger charge is -2.16. The number of aromatic nitrogens is 4. The highest BCUT2D eigenvalue weighted by Crippen LogP contribution is 2.33. The molecule has 2 heterocycles. The molecule has 1 unspecified atom stereocenters. The summed E-state index contributed by atoms with van der Waals surface area (Å²) in [5.74, 6) is 6.74. The van der Waals surface area contributed by atoms with E-state index in [-0.39, 0.29) is 5.25 Å². The SMILES string of the molecule is Cc1ccc(COC(=NN)C(C)Sc2nnc(-c3ccncc3)n2-c2ccccc2Cl)cc1. The topological polar surface area (TPSA) is 91.2 Å². The molecule has 1 atom stereocenters. The van der Waals surface area contributed by atoms with E-state index in [1.165, 1.54) is 17.3 Å². The molecule has 0 aliphatic heterocycles. The van der Waals surface area contributed by atoms with E-state index in [1.54, 1.807) is 12.4 Å². The van der Waals surface area contributed by atoms with Crippen molar-refractivity contribution < 1.29 is 4.74 Å². The van der Waals surface area contributed by atoms with Crippen LogP contribution in [-0.2, 0) is 11.3 Å². The predicted octanol–water partition coefficient (Wildman–Crippen LogP) is 5.26. The molecule has 0 fully saturated rings. The molecule has 4 aromatic rings. The highest BCUT2D eigenvalue weighted by atomic mass is 35.5. The first-order valence-electron chi connectivity index (χ1n) is 10.3. The number of nitrogens with zero attached hydrogens (tertiary/aromatic N) is 5. The Bertz CT molecular complexity index is 1240. The van der Waals surface area contributed by atoms with Gasteiger partial charge in [-0.3, -0.25) is 9.55 Å². The van der Waals surface area contributed by atoms with Gasteiger partial charge in [-0.15, -0.1) is 15.3 Å². The van der Waals surface area contributed by atoms with E-state index in [1.807, 2.05) is 79.1 Å². The number of nitrogens with two attached hydrogens (primary N) is 1. The van der Waals surface area contributed by atoms with E-state index in [4.69, 9.17) is 22.2 Å². The van der Waals surface area contributed by atoms with Gasteiger partial charge in [0.25, 0.3) is 0 Å². The lowest BCUT2D eigenvalue weighted by atomic mass is 10.2. The second-order valence-electron chi connectivity index (χ2n) is 7.33. The number of halogens is 1. The van der Waals surface area contributed by atoms with Crippen LogP contribution in [0.2, 0.25) is 5.02 Å². The Morgan fingerprint density at radius 3 is 2.52 bits per heavy atom. The maximum absolute atomic E-state index is 6.54. The standard InChI is InChI=1S/C24H23ClN6OS/c1-16-7-9-18(10-8-16)15-32-23(28-26)17(2)33-24-30-29-22(19-11-13-27-14-12-19)31(24)21-6-4-3-5-20(21)25/h3-14,17H,15,26H2,1-2H3. The Kier molecular flexibility index (Phi) is 7.26. The molecule has 168 valence electrons.